The van der Waals surface area contributed by atoms with Crippen molar-refractivity contribution in [3.05, 3.63) is 35.4 Å². The highest BCUT2D eigenvalue weighted by molar-refractivity contribution is 5.96. The molecule has 1 saturated heterocycles. The smallest absolute Gasteiger partial charge is 0.411 e. The Labute approximate surface area is 119 Å². The number of amides is 1. The fraction of sp³-hybridized carbons (Fsp3) is 0.429. The first-order valence-corrected chi connectivity index (χ1v) is 6.50. The number of nitrogens with zero attached hydrogens (tertiary/aromatic N) is 2. The van der Waals surface area contributed by atoms with Crippen molar-refractivity contribution in [2.45, 2.75) is 19.5 Å². The number of oxime groups is 1. The lowest BCUT2D eigenvalue weighted by atomic mass is 9.97. The molecule has 4 nitrogen and oxygen atoms in total. The second-order valence-electron chi connectivity index (χ2n) is 5.07. The molecule has 1 aromatic rings. The van der Waals surface area contributed by atoms with E-state index < -0.39 is 11.7 Å². The normalized spacial score (nSPS) is 21.6. The SMILES string of the molecule is CC1CN(C(=O)c2ccc(C(F)(F)F)cc2)CC/C1=N\O. The summed E-state index contributed by atoms with van der Waals surface area (Å²) in [6.45, 7) is 2.62. The molecule has 1 aliphatic heterocycles. The molecular weight excluding hydrogens is 285 g/mol. The Morgan fingerprint density at radius 3 is 2.43 bits per heavy atom. The molecule has 0 radical (unpaired) electrons. The summed E-state index contributed by atoms with van der Waals surface area (Å²) in [5, 5.41) is 12.0. The van der Waals surface area contributed by atoms with Gasteiger partial charge in [-0.05, 0) is 24.3 Å². The van der Waals surface area contributed by atoms with Crippen LogP contribution >= 0.6 is 0 Å². The average Bonchev–Trinajstić information content (AvgIpc) is 2.45. The standard InChI is InChI=1S/C14H15F3N2O2/c1-9-8-19(7-6-12(9)18-21)13(20)10-2-4-11(5-3-10)14(15,16)17/h2-5,9,21H,6-8H2,1H3/b18-12+. The average molecular weight is 300 g/mol. The fourth-order valence-electron chi connectivity index (χ4n) is 2.34. The van der Waals surface area contributed by atoms with Crippen LogP contribution < -0.4 is 0 Å². The molecule has 114 valence electrons. The molecule has 0 saturated carbocycles. The summed E-state index contributed by atoms with van der Waals surface area (Å²) in [5.41, 5.74) is 0.0758. The van der Waals surface area contributed by atoms with Gasteiger partial charge < -0.3 is 10.1 Å². The molecule has 0 aliphatic carbocycles. The number of piperidine rings is 1. The van der Waals surface area contributed by atoms with Crippen LogP contribution in [0, 0.1) is 5.92 Å². The van der Waals surface area contributed by atoms with Gasteiger partial charge in [0.1, 0.15) is 0 Å². The summed E-state index contributed by atoms with van der Waals surface area (Å²) >= 11 is 0. The number of alkyl halides is 3. The molecule has 1 amide bonds. The molecule has 0 aromatic heterocycles. The first-order valence-electron chi connectivity index (χ1n) is 6.50. The Kier molecular flexibility index (Phi) is 4.20. The maximum atomic E-state index is 12.5. The van der Waals surface area contributed by atoms with Gasteiger partial charge in [0.25, 0.3) is 5.91 Å². The molecular formula is C14H15F3N2O2. The lowest BCUT2D eigenvalue weighted by Crippen LogP contribution is -2.43. The summed E-state index contributed by atoms with van der Waals surface area (Å²) < 4.78 is 37.4. The van der Waals surface area contributed by atoms with E-state index in [9.17, 15) is 18.0 Å². The largest absolute Gasteiger partial charge is 0.416 e. The van der Waals surface area contributed by atoms with E-state index in [0.29, 0.717) is 25.2 Å². The number of halogens is 3. The molecule has 0 spiro atoms. The Balaban J connectivity index is 2.11. The molecule has 7 heteroatoms. The topological polar surface area (TPSA) is 52.9 Å². The van der Waals surface area contributed by atoms with Crippen molar-refractivity contribution in [3.63, 3.8) is 0 Å². The van der Waals surface area contributed by atoms with Crippen molar-refractivity contribution >= 4 is 11.6 Å². The highest BCUT2D eigenvalue weighted by atomic mass is 19.4. The van der Waals surface area contributed by atoms with Gasteiger partial charge in [0, 0.05) is 31.0 Å². The van der Waals surface area contributed by atoms with Gasteiger partial charge in [0.15, 0.2) is 0 Å². The Bertz CT molecular complexity index is 552. The summed E-state index contributed by atoms with van der Waals surface area (Å²) in [6.07, 6.45) is -3.95. The Hall–Kier alpha value is -2.05. The van der Waals surface area contributed by atoms with Gasteiger partial charge in [0.2, 0.25) is 0 Å². The molecule has 1 atom stereocenters. The van der Waals surface area contributed by atoms with Crippen LogP contribution in [-0.2, 0) is 6.18 Å². The minimum atomic E-state index is -4.41. The van der Waals surface area contributed by atoms with Crippen LogP contribution in [0.3, 0.4) is 0 Å². The van der Waals surface area contributed by atoms with Crippen LogP contribution in [0.1, 0.15) is 29.3 Å². The van der Waals surface area contributed by atoms with Gasteiger partial charge in [-0.25, -0.2) is 0 Å². The Morgan fingerprint density at radius 1 is 1.33 bits per heavy atom. The number of carbonyl (C=O) groups excluding carboxylic acids is 1. The van der Waals surface area contributed by atoms with Crippen LogP contribution in [0.4, 0.5) is 13.2 Å². The maximum absolute atomic E-state index is 12.5. The minimum Gasteiger partial charge on any atom is -0.411 e. The molecule has 1 fully saturated rings. The number of likely N-dealkylation sites (tertiary alicyclic amines) is 1. The highest BCUT2D eigenvalue weighted by Gasteiger charge is 2.31. The van der Waals surface area contributed by atoms with Crippen LogP contribution in [0.25, 0.3) is 0 Å². The third-order valence-electron chi connectivity index (χ3n) is 3.58. The molecule has 1 unspecified atom stereocenters. The third kappa shape index (κ3) is 3.34. The van der Waals surface area contributed by atoms with Crippen molar-refractivity contribution in [2.24, 2.45) is 11.1 Å². The Morgan fingerprint density at radius 2 is 1.95 bits per heavy atom. The zero-order valence-corrected chi connectivity index (χ0v) is 11.4. The number of hydrogen-bond acceptors (Lipinski definition) is 3. The fourth-order valence-corrected chi connectivity index (χ4v) is 2.34. The monoisotopic (exact) mass is 300 g/mol. The molecule has 1 heterocycles. The second kappa shape index (κ2) is 5.75. The zero-order chi connectivity index (χ0) is 15.6. The lowest BCUT2D eigenvalue weighted by molar-refractivity contribution is -0.137. The first kappa shape index (κ1) is 15.3. The van der Waals surface area contributed by atoms with Gasteiger partial charge in [-0.3, -0.25) is 4.79 Å². The molecule has 1 aromatic carbocycles. The van der Waals surface area contributed by atoms with Gasteiger partial charge in [-0.2, -0.15) is 13.2 Å². The van der Waals surface area contributed by atoms with E-state index in [4.69, 9.17) is 5.21 Å². The zero-order valence-electron chi connectivity index (χ0n) is 11.4. The van der Waals surface area contributed by atoms with E-state index in [1.54, 1.807) is 4.90 Å². The predicted molar refractivity (Wildman–Crippen MR) is 70.4 cm³/mol. The van der Waals surface area contributed by atoms with Crippen LogP contribution in [-0.4, -0.2) is 34.8 Å². The molecule has 1 aliphatic rings. The van der Waals surface area contributed by atoms with Crippen molar-refractivity contribution in [1.82, 2.24) is 4.90 Å². The van der Waals surface area contributed by atoms with E-state index in [-0.39, 0.29) is 17.4 Å². The maximum Gasteiger partial charge on any atom is 0.416 e. The third-order valence-corrected chi connectivity index (χ3v) is 3.58. The number of rotatable bonds is 1. The van der Waals surface area contributed by atoms with Gasteiger partial charge in [-0.15, -0.1) is 0 Å². The summed E-state index contributed by atoms with van der Waals surface area (Å²) in [5.74, 6) is -0.380. The van der Waals surface area contributed by atoms with E-state index in [1.165, 1.54) is 12.1 Å². The molecule has 0 bridgehead atoms. The van der Waals surface area contributed by atoms with Gasteiger partial charge >= 0.3 is 6.18 Å². The van der Waals surface area contributed by atoms with Crippen molar-refractivity contribution < 1.29 is 23.2 Å². The van der Waals surface area contributed by atoms with Crippen LogP contribution in [0.5, 0.6) is 0 Å². The molecule has 21 heavy (non-hydrogen) atoms. The van der Waals surface area contributed by atoms with Crippen molar-refractivity contribution in [2.75, 3.05) is 13.1 Å². The minimum absolute atomic E-state index is 0.0675. The van der Waals surface area contributed by atoms with E-state index in [1.807, 2.05) is 6.92 Å². The van der Waals surface area contributed by atoms with E-state index in [0.717, 1.165) is 12.1 Å². The van der Waals surface area contributed by atoms with E-state index in [2.05, 4.69) is 5.16 Å². The number of benzene rings is 1. The van der Waals surface area contributed by atoms with Gasteiger partial charge in [0.05, 0.1) is 11.3 Å². The van der Waals surface area contributed by atoms with Crippen LogP contribution in [0.2, 0.25) is 0 Å². The van der Waals surface area contributed by atoms with Crippen molar-refractivity contribution in [3.8, 4) is 0 Å². The number of hydrogen-bond donors (Lipinski definition) is 1. The van der Waals surface area contributed by atoms with Gasteiger partial charge in [-0.1, -0.05) is 12.1 Å². The number of carbonyl (C=O) groups is 1. The first-order chi connectivity index (χ1) is 9.82. The lowest BCUT2D eigenvalue weighted by Gasteiger charge is -2.31. The summed E-state index contributed by atoms with van der Waals surface area (Å²) in [6, 6.07) is 4.18. The quantitative estimate of drug-likeness (QED) is 0.640. The van der Waals surface area contributed by atoms with E-state index >= 15 is 0 Å². The summed E-state index contributed by atoms with van der Waals surface area (Å²) in [4.78, 5) is 13.8. The molecule has 2 rings (SSSR count). The highest BCUT2D eigenvalue weighted by Crippen LogP contribution is 2.29. The summed E-state index contributed by atoms with van der Waals surface area (Å²) in [7, 11) is 0. The van der Waals surface area contributed by atoms with Crippen molar-refractivity contribution in [1.29, 1.82) is 0 Å². The van der Waals surface area contributed by atoms with Crippen LogP contribution in [0.15, 0.2) is 29.4 Å². The second-order valence-corrected chi connectivity index (χ2v) is 5.07. The predicted octanol–water partition coefficient (Wildman–Crippen LogP) is 3.02. The molecule has 1 N–H and O–H groups in total.